The van der Waals surface area contributed by atoms with Crippen LogP contribution >= 0.6 is 0 Å². The molecule has 4 heteroatoms. The summed E-state index contributed by atoms with van der Waals surface area (Å²) in [6, 6.07) is 8.25. The highest BCUT2D eigenvalue weighted by atomic mass is 16.5. The molecule has 0 saturated carbocycles. The summed E-state index contributed by atoms with van der Waals surface area (Å²) in [4.78, 5) is 14.4. The quantitative estimate of drug-likeness (QED) is 0.749. The lowest BCUT2D eigenvalue weighted by molar-refractivity contribution is -0.127. The average molecular weight is 318 g/mol. The van der Waals surface area contributed by atoms with Gasteiger partial charge in [0.15, 0.2) is 0 Å². The van der Waals surface area contributed by atoms with E-state index in [-0.39, 0.29) is 11.9 Å². The van der Waals surface area contributed by atoms with Gasteiger partial charge in [0.2, 0.25) is 5.91 Å². The summed E-state index contributed by atoms with van der Waals surface area (Å²) in [5.41, 5.74) is 1.23. The fourth-order valence-corrected chi connectivity index (χ4v) is 3.08. The van der Waals surface area contributed by atoms with Gasteiger partial charge in [0.1, 0.15) is 5.75 Å². The number of rotatable bonds is 8. The number of benzene rings is 1. The fourth-order valence-electron chi connectivity index (χ4n) is 3.08. The number of nitrogens with one attached hydrogen (secondary N) is 1. The van der Waals surface area contributed by atoms with E-state index >= 15 is 0 Å². The average Bonchev–Trinajstić information content (AvgIpc) is 2.58. The van der Waals surface area contributed by atoms with Crippen LogP contribution in [-0.4, -0.2) is 43.6 Å². The molecular weight excluding hydrogens is 288 g/mol. The number of carbonyl (C=O) groups is 1. The van der Waals surface area contributed by atoms with E-state index < -0.39 is 0 Å². The zero-order valence-corrected chi connectivity index (χ0v) is 14.5. The number of hydrogen-bond donors (Lipinski definition) is 1. The summed E-state index contributed by atoms with van der Waals surface area (Å²) >= 11 is 0. The molecule has 1 saturated heterocycles. The molecule has 0 radical (unpaired) electrons. The summed E-state index contributed by atoms with van der Waals surface area (Å²) < 4.78 is 5.78. The Balaban J connectivity index is 1.73. The van der Waals surface area contributed by atoms with Crippen LogP contribution in [0.2, 0.25) is 0 Å². The Labute approximate surface area is 140 Å². The monoisotopic (exact) mass is 318 g/mol. The predicted molar refractivity (Wildman–Crippen MR) is 93.8 cm³/mol. The minimum Gasteiger partial charge on any atom is -0.493 e. The van der Waals surface area contributed by atoms with E-state index in [1.807, 2.05) is 25.2 Å². The molecule has 0 aliphatic carbocycles. The summed E-state index contributed by atoms with van der Waals surface area (Å²) in [7, 11) is 2.05. The van der Waals surface area contributed by atoms with Gasteiger partial charge in [-0.1, -0.05) is 31.5 Å². The van der Waals surface area contributed by atoms with Gasteiger partial charge in [0.05, 0.1) is 12.6 Å². The number of ether oxygens (including phenoxy) is 1. The number of nitrogens with zero attached hydrogens (tertiary/aromatic N) is 1. The number of likely N-dealkylation sites (N-methyl/N-ethyl adjacent to an activating group) is 1. The molecule has 0 bridgehead atoms. The molecule has 1 aliphatic heterocycles. The van der Waals surface area contributed by atoms with Crippen molar-refractivity contribution in [3.05, 3.63) is 29.8 Å². The second kappa shape index (κ2) is 9.56. The third kappa shape index (κ3) is 5.54. The number of para-hydroxylation sites is 1. The minimum atomic E-state index is 0.0592. The molecule has 1 heterocycles. The van der Waals surface area contributed by atoms with Crippen LogP contribution in [0.5, 0.6) is 5.75 Å². The first-order valence-electron chi connectivity index (χ1n) is 8.91. The molecule has 23 heavy (non-hydrogen) atoms. The van der Waals surface area contributed by atoms with Crippen LogP contribution in [0.1, 0.15) is 44.6 Å². The topological polar surface area (TPSA) is 41.6 Å². The normalized spacial score (nSPS) is 18.6. The molecule has 4 nitrogen and oxygen atoms in total. The summed E-state index contributed by atoms with van der Waals surface area (Å²) in [6.45, 7) is 4.62. The number of hydrogen-bond acceptors (Lipinski definition) is 3. The van der Waals surface area contributed by atoms with Gasteiger partial charge in [-0.2, -0.15) is 0 Å². The van der Waals surface area contributed by atoms with E-state index in [0.717, 1.165) is 57.6 Å². The maximum Gasteiger partial charge on any atom is 0.237 e. The largest absolute Gasteiger partial charge is 0.493 e. The highest BCUT2D eigenvalue weighted by molar-refractivity contribution is 5.81. The predicted octanol–water partition coefficient (Wildman–Crippen LogP) is 3.01. The standard InChI is InChI=1S/C19H30N2O2/c1-3-15-23-18-12-5-4-9-16(18)10-8-13-20-19(22)17-11-6-7-14-21(17)2/h4-5,9,12,17H,3,6-8,10-11,13-15H2,1-2H3,(H,20,22). The Morgan fingerprint density at radius 2 is 2.17 bits per heavy atom. The summed E-state index contributed by atoms with van der Waals surface area (Å²) in [6.07, 6.45) is 6.23. The zero-order chi connectivity index (χ0) is 16.5. The Kier molecular flexibility index (Phi) is 7.40. The Morgan fingerprint density at radius 3 is 2.96 bits per heavy atom. The van der Waals surface area contributed by atoms with Gasteiger partial charge in [0, 0.05) is 6.54 Å². The SMILES string of the molecule is CCCOc1ccccc1CCCNC(=O)C1CCCCN1C. The van der Waals surface area contributed by atoms with Crippen molar-refractivity contribution in [3.63, 3.8) is 0 Å². The molecule has 0 aromatic heterocycles. The molecule has 1 fully saturated rings. The Bertz CT molecular complexity index is 490. The summed E-state index contributed by atoms with van der Waals surface area (Å²) in [5, 5.41) is 3.09. The van der Waals surface area contributed by atoms with Crippen molar-refractivity contribution >= 4 is 5.91 Å². The van der Waals surface area contributed by atoms with E-state index in [0.29, 0.717) is 0 Å². The van der Waals surface area contributed by atoms with Gasteiger partial charge in [-0.3, -0.25) is 9.69 Å². The van der Waals surface area contributed by atoms with Gasteiger partial charge in [-0.25, -0.2) is 0 Å². The Morgan fingerprint density at radius 1 is 1.35 bits per heavy atom. The molecule has 1 amide bonds. The number of aryl methyl sites for hydroxylation is 1. The van der Waals surface area contributed by atoms with Gasteiger partial charge in [-0.15, -0.1) is 0 Å². The molecule has 1 N–H and O–H groups in total. The fraction of sp³-hybridized carbons (Fsp3) is 0.632. The van der Waals surface area contributed by atoms with E-state index in [2.05, 4.69) is 23.2 Å². The van der Waals surface area contributed by atoms with Crippen LogP contribution in [0, 0.1) is 0 Å². The van der Waals surface area contributed by atoms with Crippen molar-refractivity contribution in [2.24, 2.45) is 0 Å². The molecule has 1 atom stereocenters. The van der Waals surface area contributed by atoms with Gasteiger partial charge >= 0.3 is 0 Å². The maximum absolute atomic E-state index is 12.3. The minimum absolute atomic E-state index is 0.0592. The lowest BCUT2D eigenvalue weighted by atomic mass is 10.0. The van der Waals surface area contributed by atoms with Crippen LogP contribution in [0.15, 0.2) is 24.3 Å². The van der Waals surface area contributed by atoms with Gasteiger partial charge in [0.25, 0.3) is 0 Å². The molecule has 0 spiro atoms. The smallest absolute Gasteiger partial charge is 0.237 e. The first kappa shape index (κ1) is 17.8. The Hall–Kier alpha value is -1.55. The number of likely N-dealkylation sites (tertiary alicyclic amines) is 1. The number of amides is 1. The summed E-state index contributed by atoms with van der Waals surface area (Å²) in [5.74, 6) is 1.16. The molecule has 1 aromatic carbocycles. The molecule has 1 aromatic rings. The lowest BCUT2D eigenvalue weighted by Crippen LogP contribution is -2.47. The van der Waals surface area contributed by atoms with Gasteiger partial charge in [-0.05, 0) is 57.3 Å². The third-order valence-electron chi connectivity index (χ3n) is 4.43. The van der Waals surface area contributed by atoms with E-state index in [1.165, 1.54) is 12.0 Å². The van der Waals surface area contributed by atoms with Crippen molar-refractivity contribution in [2.45, 2.75) is 51.5 Å². The maximum atomic E-state index is 12.3. The van der Waals surface area contributed by atoms with Crippen LogP contribution in [-0.2, 0) is 11.2 Å². The molecule has 1 unspecified atom stereocenters. The number of piperidine rings is 1. The highest BCUT2D eigenvalue weighted by Gasteiger charge is 2.25. The first-order chi connectivity index (χ1) is 11.2. The second-order valence-corrected chi connectivity index (χ2v) is 6.34. The third-order valence-corrected chi connectivity index (χ3v) is 4.43. The van der Waals surface area contributed by atoms with Gasteiger partial charge < -0.3 is 10.1 Å². The molecule has 2 rings (SSSR count). The van der Waals surface area contributed by atoms with Crippen molar-refractivity contribution in [3.8, 4) is 5.75 Å². The van der Waals surface area contributed by atoms with Crippen LogP contribution in [0.4, 0.5) is 0 Å². The highest BCUT2D eigenvalue weighted by Crippen LogP contribution is 2.19. The van der Waals surface area contributed by atoms with E-state index in [4.69, 9.17) is 4.74 Å². The zero-order valence-electron chi connectivity index (χ0n) is 14.5. The lowest BCUT2D eigenvalue weighted by Gasteiger charge is -2.31. The van der Waals surface area contributed by atoms with E-state index in [9.17, 15) is 4.79 Å². The molecule has 128 valence electrons. The molecular formula is C19H30N2O2. The first-order valence-corrected chi connectivity index (χ1v) is 8.91. The van der Waals surface area contributed by atoms with Crippen molar-refractivity contribution < 1.29 is 9.53 Å². The van der Waals surface area contributed by atoms with Crippen molar-refractivity contribution in [2.75, 3.05) is 26.7 Å². The molecule has 1 aliphatic rings. The van der Waals surface area contributed by atoms with Crippen LogP contribution in [0.25, 0.3) is 0 Å². The number of carbonyl (C=O) groups excluding carboxylic acids is 1. The second-order valence-electron chi connectivity index (χ2n) is 6.34. The van der Waals surface area contributed by atoms with Crippen molar-refractivity contribution in [1.29, 1.82) is 0 Å². The van der Waals surface area contributed by atoms with Crippen molar-refractivity contribution in [1.82, 2.24) is 10.2 Å². The van der Waals surface area contributed by atoms with Crippen LogP contribution < -0.4 is 10.1 Å². The van der Waals surface area contributed by atoms with E-state index in [1.54, 1.807) is 0 Å². The van der Waals surface area contributed by atoms with Crippen LogP contribution in [0.3, 0.4) is 0 Å².